The van der Waals surface area contributed by atoms with Crippen molar-refractivity contribution in [3.05, 3.63) is 34.6 Å². The van der Waals surface area contributed by atoms with Gasteiger partial charge in [0.2, 0.25) is 5.95 Å². The lowest BCUT2D eigenvalue weighted by molar-refractivity contribution is 0.309. The van der Waals surface area contributed by atoms with E-state index in [4.69, 9.17) is 22.7 Å². The number of nitrogens with one attached hydrogen (secondary N) is 1. The Hall–Kier alpha value is -1.82. The minimum absolute atomic E-state index is 0.397. The van der Waals surface area contributed by atoms with Crippen molar-refractivity contribution in [1.82, 2.24) is 14.8 Å². The van der Waals surface area contributed by atoms with Gasteiger partial charge >= 0.3 is 0 Å². The first-order chi connectivity index (χ1) is 9.20. The molecule has 19 heavy (non-hydrogen) atoms. The summed E-state index contributed by atoms with van der Waals surface area (Å²) in [6.45, 7) is 3.51. The molecule has 0 aliphatic carbocycles. The third-order valence-corrected chi connectivity index (χ3v) is 3.13. The average molecular weight is 278 g/mol. The Balaban J connectivity index is 2.01. The van der Waals surface area contributed by atoms with Gasteiger partial charge in [-0.15, -0.1) is 5.10 Å². The van der Waals surface area contributed by atoms with Crippen LogP contribution in [-0.4, -0.2) is 21.4 Å². The summed E-state index contributed by atoms with van der Waals surface area (Å²) in [5, 5.41) is 6.55. The van der Waals surface area contributed by atoms with Crippen LogP contribution < -0.4 is 10.5 Å². The summed E-state index contributed by atoms with van der Waals surface area (Å²) in [6.07, 6.45) is 2.21. The van der Waals surface area contributed by atoms with Crippen LogP contribution in [0.25, 0.3) is 0 Å². The second kappa shape index (κ2) is 6.38. The molecule has 2 aromatic rings. The molecule has 0 saturated heterocycles. The van der Waals surface area contributed by atoms with Crippen molar-refractivity contribution in [3.8, 4) is 5.75 Å². The van der Waals surface area contributed by atoms with E-state index in [1.807, 2.05) is 24.3 Å². The summed E-state index contributed by atoms with van der Waals surface area (Å²) in [5.41, 5.74) is 6.83. The number of ether oxygens (including phenoxy) is 1. The molecule has 0 saturated carbocycles. The molecule has 0 aliphatic rings. The first-order valence-corrected chi connectivity index (χ1v) is 6.74. The van der Waals surface area contributed by atoms with Crippen LogP contribution in [0.5, 0.6) is 5.75 Å². The van der Waals surface area contributed by atoms with E-state index in [9.17, 15) is 0 Å². The van der Waals surface area contributed by atoms with Gasteiger partial charge in [-0.25, -0.2) is 5.10 Å². The SMILES string of the molecule is CCCCOc1ccc(Cn2c(N)n[nH]c2=S)cc1. The van der Waals surface area contributed by atoms with Crippen LogP contribution in [0.2, 0.25) is 0 Å². The number of aromatic nitrogens is 3. The van der Waals surface area contributed by atoms with Gasteiger partial charge in [-0.1, -0.05) is 25.5 Å². The fraction of sp³-hybridized carbons (Fsp3) is 0.385. The number of nitrogens with zero attached hydrogens (tertiary/aromatic N) is 2. The maximum atomic E-state index is 5.73. The normalized spacial score (nSPS) is 10.6. The average Bonchev–Trinajstić information content (AvgIpc) is 2.73. The summed E-state index contributed by atoms with van der Waals surface area (Å²) in [6, 6.07) is 7.95. The molecular formula is C13H18N4OS. The molecular weight excluding hydrogens is 260 g/mol. The van der Waals surface area contributed by atoms with Gasteiger partial charge in [-0.2, -0.15) is 0 Å². The number of nitrogens with two attached hydrogens (primary N) is 1. The molecule has 102 valence electrons. The van der Waals surface area contributed by atoms with Crippen molar-refractivity contribution < 1.29 is 4.74 Å². The Bertz CT molecular complexity index is 573. The lowest BCUT2D eigenvalue weighted by Crippen LogP contribution is -2.04. The van der Waals surface area contributed by atoms with Gasteiger partial charge in [0.15, 0.2) is 4.77 Å². The number of unbranched alkanes of at least 4 members (excludes halogenated alkanes) is 1. The van der Waals surface area contributed by atoms with Gasteiger partial charge < -0.3 is 10.5 Å². The largest absolute Gasteiger partial charge is 0.494 e. The van der Waals surface area contributed by atoms with Crippen molar-refractivity contribution in [3.63, 3.8) is 0 Å². The lowest BCUT2D eigenvalue weighted by atomic mass is 10.2. The zero-order chi connectivity index (χ0) is 13.7. The Kier molecular flexibility index (Phi) is 4.57. The van der Waals surface area contributed by atoms with Crippen molar-refractivity contribution in [1.29, 1.82) is 0 Å². The van der Waals surface area contributed by atoms with Gasteiger partial charge in [-0.05, 0) is 36.3 Å². The summed E-state index contributed by atoms with van der Waals surface area (Å²) >= 11 is 5.11. The van der Waals surface area contributed by atoms with Crippen LogP contribution in [0.15, 0.2) is 24.3 Å². The zero-order valence-electron chi connectivity index (χ0n) is 10.9. The molecule has 3 N–H and O–H groups in total. The number of H-pyrrole nitrogens is 1. The first kappa shape index (κ1) is 13.6. The van der Waals surface area contributed by atoms with Crippen LogP contribution >= 0.6 is 12.2 Å². The molecule has 0 atom stereocenters. The zero-order valence-corrected chi connectivity index (χ0v) is 11.7. The smallest absolute Gasteiger partial charge is 0.220 e. The molecule has 0 radical (unpaired) electrons. The van der Waals surface area contributed by atoms with E-state index < -0.39 is 0 Å². The highest BCUT2D eigenvalue weighted by atomic mass is 32.1. The van der Waals surface area contributed by atoms with Gasteiger partial charge in [0.05, 0.1) is 13.2 Å². The van der Waals surface area contributed by atoms with Crippen molar-refractivity contribution in [2.75, 3.05) is 12.3 Å². The summed E-state index contributed by atoms with van der Waals surface area (Å²) in [7, 11) is 0. The molecule has 2 rings (SSSR count). The fourth-order valence-electron chi connectivity index (χ4n) is 1.69. The minimum atomic E-state index is 0.397. The van der Waals surface area contributed by atoms with E-state index in [2.05, 4.69) is 17.1 Å². The number of aromatic amines is 1. The van der Waals surface area contributed by atoms with E-state index in [0.29, 0.717) is 17.3 Å². The van der Waals surface area contributed by atoms with Crippen LogP contribution in [0.1, 0.15) is 25.3 Å². The lowest BCUT2D eigenvalue weighted by Gasteiger charge is -2.07. The van der Waals surface area contributed by atoms with Crippen LogP contribution in [-0.2, 0) is 6.54 Å². The third kappa shape index (κ3) is 3.57. The third-order valence-electron chi connectivity index (χ3n) is 2.82. The molecule has 0 amide bonds. The number of hydrogen-bond acceptors (Lipinski definition) is 4. The first-order valence-electron chi connectivity index (χ1n) is 6.33. The van der Waals surface area contributed by atoms with Gasteiger partial charge in [0.25, 0.3) is 0 Å². The van der Waals surface area contributed by atoms with Crippen molar-refractivity contribution >= 4 is 18.2 Å². The second-order valence-electron chi connectivity index (χ2n) is 4.32. The Morgan fingerprint density at radius 1 is 1.37 bits per heavy atom. The number of hydrogen-bond donors (Lipinski definition) is 2. The van der Waals surface area contributed by atoms with Crippen LogP contribution in [0.4, 0.5) is 5.95 Å². The number of anilines is 1. The monoisotopic (exact) mass is 278 g/mol. The standard InChI is InChI=1S/C13H18N4OS/c1-2-3-8-18-11-6-4-10(5-7-11)9-17-12(14)15-16-13(17)19/h4-7H,2-3,8-9H2,1H3,(H2,14,15)(H,16,19). The quantitative estimate of drug-likeness (QED) is 0.629. The maximum absolute atomic E-state index is 5.73. The van der Waals surface area contributed by atoms with Crippen molar-refractivity contribution in [2.24, 2.45) is 0 Å². The second-order valence-corrected chi connectivity index (χ2v) is 4.71. The van der Waals surface area contributed by atoms with E-state index in [1.54, 1.807) is 4.57 Å². The van der Waals surface area contributed by atoms with Gasteiger partial charge in [-0.3, -0.25) is 4.57 Å². The maximum Gasteiger partial charge on any atom is 0.220 e. The molecule has 0 unspecified atom stereocenters. The molecule has 0 spiro atoms. The predicted molar refractivity (Wildman–Crippen MR) is 77.8 cm³/mol. The molecule has 0 bridgehead atoms. The summed E-state index contributed by atoms with van der Waals surface area (Å²) in [5.74, 6) is 1.29. The van der Waals surface area contributed by atoms with E-state index >= 15 is 0 Å². The van der Waals surface area contributed by atoms with E-state index in [0.717, 1.165) is 30.8 Å². The highest BCUT2D eigenvalue weighted by Gasteiger charge is 2.03. The number of benzene rings is 1. The summed E-state index contributed by atoms with van der Waals surface area (Å²) in [4.78, 5) is 0. The molecule has 5 nitrogen and oxygen atoms in total. The molecule has 1 aromatic heterocycles. The van der Waals surface area contributed by atoms with Crippen LogP contribution in [0, 0.1) is 4.77 Å². The Morgan fingerprint density at radius 2 is 2.11 bits per heavy atom. The van der Waals surface area contributed by atoms with Crippen LogP contribution in [0.3, 0.4) is 0 Å². The Labute approximate surface area is 117 Å². The number of rotatable bonds is 6. The van der Waals surface area contributed by atoms with E-state index in [-0.39, 0.29) is 0 Å². The Morgan fingerprint density at radius 3 is 2.68 bits per heavy atom. The van der Waals surface area contributed by atoms with Gasteiger partial charge in [0.1, 0.15) is 5.75 Å². The predicted octanol–water partition coefficient (Wildman–Crippen LogP) is 2.75. The van der Waals surface area contributed by atoms with Gasteiger partial charge in [0, 0.05) is 0 Å². The molecule has 0 fully saturated rings. The summed E-state index contributed by atoms with van der Waals surface area (Å²) < 4.78 is 7.89. The highest BCUT2D eigenvalue weighted by molar-refractivity contribution is 7.71. The molecule has 1 aromatic carbocycles. The van der Waals surface area contributed by atoms with Crippen molar-refractivity contribution in [2.45, 2.75) is 26.3 Å². The van der Waals surface area contributed by atoms with E-state index in [1.165, 1.54) is 0 Å². The fourth-order valence-corrected chi connectivity index (χ4v) is 1.89. The molecule has 6 heteroatoms. The number of nitrogen functional groups attached to an aromatic ring is 1. The topological polar surface area (TPSA) is 68.9 Å². The molecule has 1 heterocycles. The minimum Gasteiger partial charge on any atom is -0.494 e. The highest BCUT2D eigenvalue weighted by Crippen LogP contribution is 2.14. The molecule has 0 aliphatic heterocycles.